The van der Waals surface area contributed by atoms with Gasteiger partial charge in [-0.25, -0.2) is 4.98 Å². The molecule has 5 heteroatoms. The van der Waals surface area contributed by atoms with E-state index in [-0.39, 0.29) is 12.1 Å². The predicted molar refractivity (Wildman–Crippen MR) is 50.7 cm³/mol. The maximum Gasteiger partial charge on any atom is 0.0948 e. The Bertz CT molecular complexity index is 300. The van der Waals surface area contributed by atoms with Gasteiger partial charge in [0.05, 0.1) is 37.4 Å². The van der Waals surface area contributed by atoms with Crippen LogP contribution in [0.4, 0.5) is 0 Å². The summed E-state index contributed by atoms with van der Waals surface area (Å²) in [6.45, 7) is 1.73. The third-order valence-electron chi connectivity index (χ3n) is 2.51. The lowest BCUT2D eigenvalue weighted by Crippen LogP contribution is -2.38. The summed E-state index contributed by atoms with van der Waals surface area (Å²) in [7, 11) is 1.95. The molecule has 1 saturated heterocycles. The molecule has 1 fully saturated rings. The highest BCUT2D eigenvalue weighted by molar-refractivity contribution is 4.97. The van der Waals surface area contributed by atoms with Crippen molar-refractivity contribution in [3.63, 3.8) is 0 Å². The molecule has 2 N–H and O–H groups in total. The van der Waals surface area contributed by atoms with E-state index in [1.54, 1.807) is 6.33 Å². The summed E-state index contributed by atoms with van der Waals surface area (Å²) in [5.41, 5.74) is 1.10. The zero-order valence-corrected chi connectivity index (χ0v) is 8.18. The van der Waals surface area contributed by atoms with E-state index < -0.39 is 0 Å². The number of rotatable bonds is 3. The fourth-order valence-electron chi connectivity index (χ4n) is 1.53. The largest absolute Gasteiger partial charge is 0.389 e. The minimum Gasteiger partial charge on any atom is -0.389 e. The van der Waals surface area contributed by atoms with Crippen molar-refractivity contribution >= 4 is 0 Å². The van der Waals surface area contributed by atoms with E-state index in [2.05, 4.69) is 10.3 Å². The van der Waals surface area contributed by atoms with Crippen LogP contribution in [-0.2, 0) is 18.3 Å². The van der Waals surface area contributed by atoms with Gasteiger partial charge in [-0.3, -0.25) is 0 Å². The van der Waals surface area contributed by atoms with Gasteiger partial charge in [0.1, 0.15) is 0 Å². The Balaban J connectivity index is 1.85. The first kappa shape index (κ1) is 9.64. The van der Waals surface area contributed by atoms with Crippen molar-refractivity contribution < 1.29 is 9.84 Å². The van der Waals surface area contributed by atoms with Gasteiger partial charge in [0, 0.05) is 19.8 Å². The van der Waals surface area contributed by atoms with Crippen molar-refractivity contribution in [1.29, 1.82) is 0 Å². The van der Waals surface area contributed by atoms with Gasteiger partial charge in [-0.15, -0.1) is 0 Å². The molecule has 2 rings (SSSR count). The zero-order valence-electron chi connectivity index (χ0n) is 8.18. The quantitative estimate of drug-likeness (QED) is 0.670. The summed E-state index contributed by atoms with van der Waals surface area (Å²) in [6.07, 6.45) is 3.19. The molecule has 0 radical (unpaired) electrons. The van der Waals surface area contributed by atoms with Crippen LogP contribution in [-0.4, -0.2) is 40.0 Å². The minimum absolute atomic E-state index is 0.0462. The minimum atomic E-state index is -0.386. The van der Waals surface area contributed by atoms with Gasteiger partial charge in [-0.1, -0.05) is 0 Å². The van der Waals surface area contributed by atoms with E-state index in [0.717, 1.165) is 5.69 Å². The molecule has 1 aliphatic heterocycles. The van der Waals surface area contributed by atoms with Gasteiger partial charge >= 0.3 is 0 Å². The van der Waals surface area contributed by atoms with Crippen molar-refractivity contribution in [2.75, 3.05) is 13.2 Å². The summed E-state index contributed by atoms with van der Waals surface area (Å²) in [4.78, 5) is 4.02. The van der Waals surface area contributed by atoms with Crippen LogP contribution >= 0.6 is 0 Å². The van der Waals surface area contributed by atoms with Crippen LogP contribution in [0.1, 0.15) is 5.69 Å². The number of aromatic nitrogens is 2. The molecule has 2 heterocycles. The Morgan fingerprint density at radius 1 is 1.71 bits per heavy atom. The SMILES string of the molecule is Cn1cncc1CNC1COCC1O. The molecule has 5 nitrogen and oxygen atoms in total. The Labute approximate surface area is 82.7 Å². The van der Waals surface area contributed by atoms with E-state index >= 15 is 0 Å². The smallest absolute Gasteiger partial charge is 0.0948 e. The highest BCUT2D eigenvalue weighted by atomic mass is 16.5. The molecule has 78 valence electrons. The molecule has 0 spiro atoms. The number of aryl methyl sites for hydroxylation is 1. The van der Waals surface area contributed by atoms with Gasteiger partial charge in [0.15, 0.2) is 0 Å². The summed E-state index contributed by atoms with van der Waals surface area (Å²) in [5, 5.41) is 12.7. The molecular weight excluding hydrogens is 182 g/mol. The monoisotopic (exact) mass is 197 g/mol. The highest BCUT2D eigenvalue weighted by Gasteiger charge is 2.25. The summed E-state index contributed by atoms with van der Waals surface area (Å²) >= 11 is 0. The average molecular weight is 197 g/mol. The number of ether oxygens (including phenoxy) is 1. The fraction of sp³-hybridized carbons (Fsp3) is 0.667. The molecular formula is C9H15N3O2. The molecule has 0 aromatic carbocycles. The normalized spacial score (nSPS) is 27.0. The molecule has 1 aromatic rings. The van der Waals surface area contributed by atoms with E-state index in [1.807, 2.05) is 17.8 Å². The van der Waals surface area contributed by atoms with Gasteiger partial charge < -0.3 is 19.7 Å². The van der Waals surface area contributed by atoms with Crippen molar-refractivity contribution in [3.05, 3.63) is 18.2 Å². The Hall–Kier alpha value is -0.910. The second-order valence-electron chi connectivity index (χ2n) is 3.59. The van der Waals surface area contributed by atoms with Crippen LogP contribution in [0, 0.1) is 0 Å². The van der Waals surface area contributed by atoms with Crippen LogP contribution in [0.2, 0.25) is 0 Å². The lowest BCUT2D eigenvalue weighted by molar-refractivity contribution is 0.122. The molecule has 0 amide bonds. The first-order chi connectivity index (χ1) is 6.77. The summed E-state index contributed by atoms with van der Waals surface area (Å²) < 4.78 is 7.09. The van der Waals surface area contributed by atoms with Gasteiger partial charge in [0.25, 0.3) is 0 Å². The standard InChI is InChI=1S/C9H15N3O2/c1-12-6-10-2-7(12)3-11-8-4-14-5-9(8)13/h2,6,8-9,11,13H,3-5H2,1H3. The van der Waals surface area contributed by atoms with E-state index in [4.69, 9.17) is 4.74 Å². The molecule has 0 aliphatic carbocycles. The van der Waals surface area contributed by atoms with Crippen molar-refractivity contribution in [2.24, 2.45) is 7.05 Å². The Morgan fingerprint density at radius 2 is 2.57 bits per heavy atom. The maximum atomic E-state index is 9.48. The summed E-state index contributed by atoms with van der Waals surface area (Å²) in [5.74, 6) is 0. The molecule has 0 bridgehead atoms. The number of nitrogens with zero attached hydrogens (tertiary/aromatic N) is 2. The van der Waals surface area contributed by atoms with Gasteiger partial charge in [-0.05, 0) is 0 Å². The molecule has 2 atom stereocenters. The van der Waals surface area contributed by atoms with E-state index in [9.17, 15) is 5.11 Å². The predicted octanol–water partition coefficient (Wildman–Crippen LogP) is -0.731. The summed E-state index contributed by atoms with van der Waals surface area (Å²) in [6, 6.07) is 0.0462. The van der Waals surface area contributed by atoms with E-state index in [1.165, 1.54) is 0 Å². The Morgan fingerprint density at radius 3 is 3.14 bits per heavy atom. The Kier molecular flexibility index (Phi) is 2.81. The topological polar surface area (TPSA) is 59.3 Å². The van der Waals surface area contributed by atoms with Crippen LogP contribution in [0.15, 0.2) is 12.5 Å². The van der Waals surface area contributed by atoms with Crippen LogP contribution in [0.3, 0.4) is 0 Å². The third kappa shape index (κ3) is 1.95. The molecule has 14 heavy (non-hydrogen) atoms. The van der Waals surface area contributed by atoms with Crippen LogP contribution < -0.4 is 5.32 Å². The van der Waals surface area contributed by atoms with Crippen molar-refractivity contribution in [2.45, 2.75) is 18.7 Å². The second-order valence-corrected chi connectivity index (χ2v) is 3.59. The number of aliphatic hydroxyl groups is 1. The molecule has 1 aliphatic rings. The number of imidazole rings is 1. The lowest BCUT2D eigenvalue weighted by Gasteiger charge is -2.14. The highest BCUT2D eigenvalue weighted by Crippen LogP contribution is 2.06. The second kappa shape index (κ2) is 4.08. The molecule has 1 aromatic heterocycles. The fourth-order valence-corrected chi connectivity index (χ4v) is 1.53. The third-order valence-corrected chi connectivity index (χ3v) is 2.51. The molecule has 2 unspecified atom stereocenters. The van der Waals surface area contributed by atoms with Crippen LogP contribution in [0.5, 0.6) is 0 Å². The maximum absolute atomic E-state index is 9.48. The molecule has 0 saturated carbocycles. The number of hydrogen-bond acceptors (Lipinski definition) is 4. The number of nitrogens with one attached hydrogen (secondary N) is 1. The zero-order chi connectivity index (χ0) is 9.97. The van der Waals surface area contributed by atoms with Crippen molar-refractivity contribution in [3.8, 4) is 0 Å². The van der Waals surface area contributed by atoms with Gasteiger partial charge in [0.2, 0.25) is 0 Å². The average Bonchev–Trinajstić information content (AvgIpc) is 2.72. The van der Waals surface area contributed by atoms with Crippen LogP contribution in [0.25, 0.3) is 0 Å². The first-order valence-corrected chi connectivity index (χ1v) is 4.72. The first-order valence-electron chi connectivity index (χ1n) is 4.72. The number of hydrogen-bond donors (Lipinski definition) is 2. The lowest BCUT2D eigenvalue weighted by atomic mass is 10.2. The van der Waals surface area contributed by atoms with Gasteiger partial charge in [-0.2, -0.15) is 0 Å². The van der Waals surface area contributed by atoms with E-state index in [0.29, 0.717) is 19.8 Å². The van der Waals surface area contributed by atoms with Crippen molar-refractivity contribution in [1.82, 2.24) is 14.9 Å². The number of aliphatic hydroxyl groups excluding tert-OH is 1.